The molecule has 24 heavy (non-hydrogen) atoms. The molecule has 1 N–H and O–H groups in total. The summed E-state index contributed by atoms with van der Waals surface area (Å²) in [6, 6.07) is 9.68. The lowest BCUT2D eigenvalue weighted by Crippen LogP contribution is -2.25. The van der Waals surface area contributed by atoms with E-state index in [0.717, 1.165) is 42.9 Å². The first-order valence-corrected chi connectivity index (χ1v) is 8.64. The summed E-state index contributed by atoms with van der Waals surface area (Å²) in [5, 5.41) is 2.91. The molecule has 1 aromatic carbocycles. The highest BCUT2D eigenvalue weighted by molar-refractivity contribution is 6.03. The van der Waals surface area contributed by atoms with Crippen LogP contribution in [0.3, 0.4) is 0 Å². The van der Waals surface area contributed by atoms with Crippen molar-refractivity contribution in [2.75, 3.05) is 23.3 Å². The lowest BCUT2D eigenvalue weighted by Gasteiger charge is -2.23. The normalized spacial score (nSPS) is 10.5. The summed E-state index contributed by atoms with van der Waals surface area (Å²) in [6.07, 6.45) is 3.98. The lowest BCUT2D eigenvalue weighted by molar-refractivity contribution is 0.102. The van der Waals surface area contributed by atoms with Gasteiger partial charge in [0.05, 0.1) is 11.9 Å². The molecule has 0 aliphatic heterocycles. The average molecular weight is 325 g/mol. The van der Waals surface area contributed by atoms with E-state index in [4.69, 9.17) is 0 Å². The molecule has 1 amide bonds. The number of nitrogens with zero attached hydrogens (tertiary/aromatic N) is 2. The molecule has 4 heteroatoms. The number of pyridine rings is 1. The van der Waals surface area contributed by atoms with Crippen LogP contribution < -0.4 is 10.2 Å². The van der Waals surface area contributed by atoms with Crippen LogP contribution in [0.1, 0.15) is 48.3 Å². The summed E-state index contributed by atoms with van der Waals surface area (Å²) in [6.45, 7) is 10.4. The number of aromatic nitrogens is 1. The van der Waals surface area contributed by atoms with Crippen molar-refractivity contribution in [1.82, 2.24) is 4.98 Å². The third kappa shape index (κ3) is 4.57. The van der Waals surface area contributed by atoms with Gasteiger partial charge in [0, 0.05) is 18.8 Å². The number of carbonyl (C=O) groups excluding carboxylic acids is 1. The van der Waals surface area contributed by atoms with Crippen molar-refractivity contribution in [3.8, 4) is 0 Å². The van der Waals surface area contributed by atoms with Gasteiger partial charge in [-0.25, -0.2) is 4.98 Å². The number of rotatable bonds is 7. The summed E-state index contributed by atoms with van der Waals surface area (Å²) in [5.41, 5.74) is 4.67. The number of benzene rings is 1. The molecule has 0 saturated carbocycles. The first-order chi connectivity index (χ1) is 11.5. The fourth-order valence-electron chi connectivity index (χ4n) is 2.63. The number of hydrogen-bond acceptors (Lipinski definition) is 3. The van der Waals surface area contributed by atoms with Crippen LogP contribution >= 0.6 is 0 Å². The highest BCUT2D eigenvalue weighted by Gasteiger charge is 2.10. The van der Waals surface area contributed by atoms with Crippen molar-refractivity contribution in [2.24, 2.45) is 0 Å². The summed E-state index contributed by atoms with van der Waals surface area (Å²) in [7, 11) is 0. The molecule has 0 saturated heterocycles. The Morgan fingerprint density at radius 2 is 1.75 bits per heavy atom. The molecular weight excluding hydrogens is 298 g/mol. The minimum Gasteiger partial charge on any atom is -0.370 e. The van der Waals surface area contributed by atoms with E-state index in [1.165, 1.54) is 5.56 Å². The molecule has 0 unspecified atom stereocenters. The number of hydrogen-bond donors (Lipinski definition) is 1. The Hall–Kier alpha value is -2.36. The lowest BCUT2D eigenvalue weighted by atomic mass is 10.1. The van der Waals surface area contributed by atoms with Gasteiger partial charge in [0.2, 0.25) is 0 Å². The Kier molecular flexibility index (Phi) is 6.36. The van der Waals surface area contributed by atoms with Gasteiger partial charge in [-0.2, -0.15) is 0 Å². The van der Waals surface area contributed by atoms with Gasteiger partial charge < -0.3 is 10.2 Å². The molecule has 0 radical (unpaired) electrons. The van der Waals surface area contributed by atoms with Crippen LogP contribution in [-0.4, -0.2) is 24.0 Å². The molecule has 0 spiro atoms. The fraction of sp³-hybridized carbons (Fsp3) is 0.400. The molecule has 0 fully saturated rings. The monoisotopic (exact) mass is 325 g/mol. The number of anilines is 2. The topological polar surface area (TPSA) is 45.2 Å². The van der Waals surface area contributed by atoms with E-state index in [2.05, 4.69) is 36.0 Å². The van der Waals surface area contributed by atoms with Gasteiger partial charge in [-0.1, -0.05) is 19.9 Å². The molecule has 1 aromatic heterocycles. The predicted octanol–water partition coefficient (Wildman–Crippen LogP) is 4.58. The number of carbonyl (C=O) groups is 1. The minimum absolute atomic E-state index is 0.178. The van der Waals surface area contributed by atoms with Crippen molar-refractivity contribution in [1.29, 1.82) is 0 Å². The third-order valence-corrected chi connectivity index (χ3v) is 4.10. The van der Waals surface area contributed by atoms with Gasteiger partial charge in [-0.15, -0.1) is 0 Å². The van der Waals surface area contributed by atoms with Crippen LogP contribution in [-0.2, 0) is 0 Å². The van der Waals surface area contributed by atoms with Crippen molar-refractivity contribution in [3.63, 3.8) is 0 Å². The Morgan fingerprint density at radius 1 is 1.04 bits per heavy atom. The van der Waals surface area contributed by atoms with E-state index in [1.807, 2.05) is 31.2 Å². The third-order valence-electron chi connectivity index (χ3n) is 4.10. The van der Waals surface area contributed by atoms with E-state index < -0.39 is 0 Å². The number of aryl methyl sites for hydroxylation is 2. The average Bonchev–Trinajstić information content (AvgIpc) is 2.58. The van der Waals surface area contributed by atoms with E-state index in [9.17, 15) is 4.79 Å². The summed E-state index contributed by atoms with van der Waals surface area (Å²) in [5.74, 6) is -0.178. The molecule has 0 aliphatic carbocycles. The van der Waals surface area contributed by atoms with Crippen molar-refractivity contribution >= 4 is 17.3 Å². The second-order valence-corrected chi connectivity index (χ2v) is 6.14. The maximum atomic E-state index is 12.4. The van der Waals surface area contributed by atoms with Gasteiger partial charge in [0.25, 0.3) is 5.91 Å². The second-order valence-electron chi connectivity index (χ2n) is 6.14. The molecule has 4 nitrogen and oxygen atoms in total. The molecule has 2 aromatic rings. The summed E-state index contributed by atoms with van der Waals surface area (Å²) < 4.78 is 0. The Balaban J connectivity index is 2.08. The summed E-state index contributed by atoms with van der Waals surface area (Å²) in [4.78, 5) is 19.0. The molecular formula is C20H27N3O. The zero-order valence-corrected chi connectivity index (χ0v) is 15.1. The molecule has 0 bridgehead atoms. The van der Waals surface area contributed by atoms with Crippen LogP contribution in [0.25, 0.3) is 0 Å². The molecule has 1 heterocycles. The van der Waals surface area contributed by atoms with Crippen molar-refractivity contribution in [3.05, 3.63) is 53.3 Å². The molecule has 128 valence electrons. The Labute approximate surface area is 144 Å². The zero-order valence-electron chi connectivity index (χ0n) is 15.1. The standard InChI is InChI=1S/C20H27N3O/c1-5-11-23(12-6-2)18-9-10-19(21-14-18)20(24)22-17-8-7-15(3)16(4)13-17/h7-10,13-14H,5-6,11-12H2,1-4H3,(H,22,24). The second kappa shape index (κ2) is 8.48. The fourth-order valence-corrected chi connectivity index (χ4v) is 2.63. The first kappa shape index (κ1) is 18.0. The SMILES string of the molecule is CCCN(CCC)c1ccc(C(=O)Nc2ccc(C)c(C)c2)nc1. The van der Waals surface area contributed by atoms with Crippen LogP contribution in [0.2, 0.25) is 0 Å². The van der Waals surface area contributed by atoms with Crippen molar-refractivity contribution < 1.29 is 4.79 Å². The first-order valence-electron chi connectivity index (χ1n) is 8.64. The van der Waals surface area contributed by atoms with Gasteiger partial charge in [-0.3, -0.25) is 4.79 Å². The molecule has 2 rings (SSSR count). The van der Waals surface area contributed by atoms with Crippen LogP contribution in [0.5, 0.6) is 0 Å². The Morgan fingerprint density at radius 3 is 2.29 bits per heavy atom. The van der Waals surface area contributed by atoms with Gasteiger partial charge >= 0.3 is 0 Å². The van der Waals surface area contributed by atoms with Crippen LogP contribution in [0.15, 0.2) is 36.5 Å². The zero-order chi connectivity index (χ0) is 17.5. The largest absolute Gasteiger partial charge is 0.370 e. The molecule has 0 atom stereocenters. The predicted molar refractivity (Wildman–Crippen MR) is 101 cm³/mol. The highest BCUT2D eigenvalue weighted by atomic mass is 16.1. The van der Waals surface area contributed by atoms with Crippen molar-refractivity contribution in [2.45, 2.75) is 40.5 Å². The maximum Gasteiger partial charge on any atom is 0.274 e. The number of nitrogens with one attached hydrogen (secondary N) is 1. The van der Waals surface area contributed by atoms with E-state index in [1.54, 1.807) is 12.3 Å². The maximum absolute atomic E-state index is 12.4. The van der Waals surface area contributed by atoms with Crippen LogP contribution in [0.4, 0.5) is 11.4 Å². The van der Waals surface area contributed by atoms with Gasteiger partial charge in [0.1, 0.15) is 5.69 Å². The highest BCUT2D eigenvalue weighted by Crippen LogP contribution is 2.17. The van der Waals surface area contributed by atoms with E-state index >= 15 is 0 Å². The Bertz CT molecular complexity index is 674. The number of amides is 1. The molecule has 0 aliphatic rings. The minimum atomic E-state index is -0.178. The summed E-state index contributed by atoms with van der Waals surface area (Å²) >= 11 is 0. The van der Waals surface area contributed by atoms with Gasteiger partial charge in [0.15, 0.2) is 0 Å². The quantitative estimate of drug-likeness (QED) is 0.810. The van der Waals surface area contributed by atoms with Gasteiger partial charge in [-0.05, 0) is 62.1 Å². The van der Waals surface area contributed by atoms with Crippen LogP contribution in [0, 0.1) is 13.8 Å². The van der Waals surface area contributed by atoms with E-state index in [0.29, 0.717) is 5.69 Å². The van der Waals surface area contributed by atoms with E-state index in [-0.39, 0.29) is 5.91 Å². The smallest absolute Gasteiger partial charge is 0.274 e.